The van der Waals surface area contributed by atoms with Crippen molar-refractivity contribution >= 4 is 33.4 Å². The number of ether oxygens (including phenoxy) is 2. The zero-order valence-electron chi connectivity index (χ0n) is 17.6. The van der Waals surface area contributed by atoms with E-state index < -0.39 is 17.7 Å². The molecule has 1 N–H and O–H groups in total. The minimum atomic E-state index is -0.686. The number of aliphatic hydroxyl groups is 1. The molecule has 1 saturated heterocycles. The summed E-state index contributed by atoms with van der Waals surface area (Å²) in [5.74, 6) is -0.772. The van der Waals surface area contributed by atoms with Crippen molar-refractivity contribution in [2.75, 3.05) is 26.9 Å². The molecule has 1 amide bonds. The lowest BCUT2D eigenvalue weighted by molar-refractivity contribution is -0.140. The van der Waals surface area contributed by atoms with Crippen molar-refractivity contribution in [3.05, 3.63) is 69.7 Å². The highest BCUT2D eigenvalue weighted by atomic mass is 79.9. The zero-order chi connectivity index (χ0) is 22.4. The fraction of sp³-hybridized carbons (Fsp3) is 0.333. The van der Waals surface area contributed by atoms with E-state index >= 15 is 0 Å². The summed E-state index contributed by atoms with van der Waals surface area (Å²) in [6, 6.07) is 13.6. The molecule has 0 aromatic heterocycles. The Kier molecular flexibility index (Phi) is 7.87. The van der Waals surface area contributed by atoms with Crippen LogP contribution in [-0.2, 0) is 14.3 Å². The van der Waals surface area contributed by atoms with Crippen molar-refractivity contribution in [1.82, 2.24) is 4.90 Å². The number of rotatable bonds is 9. The van der Waals surface area contributed by atoms with Gasteiger partial charge >= 0.3 is 0 Å². The predicted molar refractivity (Wildman–Crippen MR) is 122 cm³/mol. The van der Waals surface area contributed by atoms with Gasteiger partial charge in [0.25, 0.3) is 11.7 Å². The van der Waals surface area contributed by atoms with Gasteiger partial charge in [-0.05, 0) is 42.7 Å². The van der Waals surface area contributed by atoms with Crippen LogP contribution < -0.4 is 4.74 Å². The predicted octanol–water partition coefficient (Wildman–Crippen LogP) is 4.70. The van der Waals surface area contributed by atoms with Gasteiger partial charge in [0.2, 0.25) is 0 Å². The first-order valence-corrected chi connectivity index (χ1v) is 11.0. The van der Waals surface area contributed by atoms with Crippen LogP contribution >= 0.6 is 15.9 Å². The lowest BCUT2D eigenvalue weighted by Crippen LogP contribution is -2.31. The largest absolute Gasteiger partial charge is 0.507 e. The topological polar surface area (TPSA) is 76.1 Å². The second kappa shape index (κ2) is 10.6. The molecule has 2 aromatic rings. The second-order valence-electron chi connectivity index (χ2n) is 7.26. The molecule has 2 aromatic carbocycles. The first-order valence-electron chi connectivity index (χ1n) is 10.2. The van der Waals surface area contributed by atoms with Gasteiger partial charge in [-0.3, -0.25) is 9.59 Å². The number of aliphatic hydroxyl groups excluding tert-OH is 1. The van der Waals surface area contributed by atoms with E-state index in [0.717, 1.165) is 22.2 Å². The number of nitrogens with zero attached hydrogens (tertiary/aromatic N) is 1. The first kappa shape index (κ1) is 23.0. The fourth-order valence-electron chi connectivity index (χ4n) is 3.57. The highest BCUT2D eigenvalue weighted by Crippen LogP contribution is 2.40. The van der Waals surface area contributed by atoms with E-state index in [4.69, 9.17) is 9.47 Å². The number of hydrogen-bond acceptors (Lipinski definition) is 5. The third kappa shape index (κ3) is 5.17. The number of hydrogen-bond donors (Lipinski definition) is 1. The summed E-state index contributed by atoms with van der Waals surface area (Å²) < 4.78 is 11.6. The summed E-state index contributed by atoms with van der Waals surface area (Å²) in [6.07, 6.45) is 1.48. The molecule has 7 heteroatoms. The summed E-state index contributed by atoms with van der Waals surface area (Å²) in [5, 5.41) is 11.0. The van der Waals surface area contributed by atoms with Gasteiger partial charge < -0.3 is 19.5 Å². The van der Waals surface area contributed by atoms with Gasteiger partial charge in [-0.2, -0.15) is 0 Å². The van der Waals surface area contributed by atoms with Gasteiger partial charge in [0.15, 0.2) is 0 Å². The van der Waals surface area contributed by atoms with Gasteiger partial charge in [-0.15, -0.1) is 0 Å². The maximum Gasteiger partial charge on any atom is 0.295 e. The van der Waals surface area contributed by atoms with Crippen molar-refractivity contribution in [2.24, 2.45) is 0 Å². The zero-order valence-corrected chi connectivity index (χ0v) is 19.2. The van der Waals surface area contributed by atoms with Gasteiger partial charge in [-0.25, -0.2) is 0 Å². The molecule has 0 bridgehead atoms. The van der Waals surface area contributed by atoms with Crippen LogP contribution in [0, 0.1) is 0 Å². The Balaban J connectivity index is 2.04. The standard InChI is InChI=1S/C24H26BrNO5/c1-3-14-31-19-11-7-16(8-12-19)21-20(22(27)17-5-9-18(25)10-6-17)23(28)24(29)26(21)13-4-15-30-2/h5-12,21,27H,3-4,13-15H2,1-2H3/t21-/m0/s1. The smallest absolute Gasteiger partial charge is 0.295 e. The number of likely N-dealkylation sites (tertiary alicyclic amines) is 1. The quantitative estimate of drug-likeness (QED) is 0.240. The molecule has 1 aliphatic heterocycles. The maximum absolute atomic E-state index is 12.9. The van der Waals surface area contributed by atoms with E-state index in [0.29, 0.717) is 31.7 Å². The summed E-state index contributed by atoms with van der Waals surface area (Å²) in [5.41, 5.74) is 1.30. The Labute approximate surface area is 190 Å². The number of methoxy groups -OCH3 is 1. The van der Waals surface area contributed by atoms with Crippen molar-refractivity contribution < 1.29 is 24.2 Å². The average Bonchev–Trinajstić information content (AvgIpc) is 3.03. The van der Waals surface area contributed by atoms with Crippen LogP contribution in [-0.4, -0.2) is 48.6 Å². The molecule has 1 atom stereocenters. The number of carbonyl (C=O) groups excluding carboxylic acids is 2. The van der Waals surface area contributed by atoms with Crippen molar-refractivity contribution in [3.63, 3.8) is 0 Å². The number of benzene rings is 2. The third-order valence-corrected chi connectivity index (χ3v) is 5.60. The lowest BCUT2D eigenvalue weighted by atomic mass is 9.95. The molecule has 164 valence electrons. The number of halogens is 1. The van der Waals surface area contributed by atoms with Crippen LogP contribution in [0.4, 0.5) is 0 Å². The Bertz CT molecular complexity index is 953. The highest BCUT2D eigenvalue weighted by Gasteiger charge is 2.45. The van der Waals surface area contributed by atoms with E-state index in [1.54, 1.807) is 31.4 Å². The molecule has 3 rings (SSSR count). The summed E-state index contributed by atoms with van der Waals surface area (Å²) >= 11 is 3.37. The summed E-state index contributed by atoms with van der Waals surface area (Å²) in [7, 11) is 1.59. The number of ketones is 1. The van der Waals surface area contributed by atoms with Crippen LogP contribution in [0.1, 0.15) is 36.9 Å². The number of carbonyl (C=O) groups is 2. The Morgan fingerprint density at radius 3 is 2.35 bits per heavy atom. The van der Waals surface area contributed by atoms with Gasteiger partial charge in [-0.1, -0.05) is 47.1 Å². The van der Waals surface area contributed by atoms with Crippen LogP contribution in [0.2, 0.25) is 0 Å². The van der Waals surface area contributed by atoms with Gasteiger partial charge in [0.05, 0.1) is 18.2 Å². The number of Topliss-reactive ketones (excluding diaryl/α,β-unsaturated/α-hetero) is 1. The molecule has 0 spiro atoms. The minimum Gasteiger partial charge on any atom is -0.507 e. The molecular formula is C24H26BrNO5. The lowest BCUT2D eigenvalue weighted by Gasteiger charge is -2.25. The van der Waals surface area contributed by atoms with Crippen LogP contribution in [0.5, 0.6) is 5.75 Å². The fourth-order valence-corrected chi connectivity index (χ4v) is 3.83. The van der Waals surface area contributed by atoms with Crippen molar-refractivity contribution in [2.45, 2.75) is 25.8 Å². The van der Waals surface area contributed by atoms with Gasteiger partial charge in [0, 0.05) is 30.3 Å². The molecule has 1 aliphatic rings. The normalized spacial score (nSPS) is 17.9. The Morgan fingerprint density at radius 1 is 1.06 bits per heavy atom. The van der Waals surface area contributed by atoms with E-state index in [1.165, 1.54) is 4.90 Å². The molecule has 0 radical (unpaired) electrons. The van der Waals surface area contributed by atoms with E-state index in [2.05, 4.69) is 15.9 Å². The molecule has 1 fully saturated rings. The molecule has 0 aliphatic carbocycles. The van der Waals surface area contributed by atoms with Crippen molar-refractivity contribution in [1.29, 1.82) is 0 Å². The Hall–Kier alpha value is -2.64. The van der Waals surface area contributed by atoms with Crippen molar-refractivity contribution in [3.8, 4) is 5.75 Å². The van der Waals surface area contributed by atoms with Gasteiger partial charge in [0.1, 0.15) is 11.5 Å². The molecule has 6 nitrogen and oxygen atoms in total. The molecule has 1 heterocycles. The molecule has 0 saturated carbocycles. The second-order valence-corrected chi connectivity index (χ2v) is 8.18. The number of amides is 1. The molecular weight excluding hydrogens is 462 g/mol. The van der Waals surface area contributed by atoms with Crippen LogP contribution in [0.3, 0.4) is 0 Å². The van der Waals surface area contributed by atoms with E-state index in [9.17, 15) is 14.7 Å². The van der Waals surface area contributed by atoms with Crippen LogP contribution in [0.25, 0.3) is 5.76 Å². The third-order valence-electron chi connectivity index (χ3n) is 5.07. The monoisotopic (exact) mass is 487 g/mol. The molecule has 0 unspecified atom stereocenters. The average molecular weight is 488 g/mol. The Morgan fingerprint density at radius 2 is 1.74 bits per heavy atom. The summed E-state index contributed by atoms with van der Waals surface area (Å²) in [4.78, 5) is 27.3. The minimum absolute atomic E-state index is 0.0898. The SMILES string of the molecule is CCCOc1ccc([C@H]2C(=C(O)c3ccc(Br)cc3)C(=O)C(=O)N2CCCOC)cc1. The van der Waals surface area contributed by atoms with Crippen LogP contribution in [0.15, 0.2) is 58.6 Å². The van der Waals surface area contributed by atoms with E-state index in [1.807, 2.05) is 31.2 Å². The first-order chi connectivity index (χ1) is 15.0. The maximum atomic E-state index is 12.9. The summed E-state index contributed by atoms with van der Waals surface area (Å²) in [6.45, 7) is 3.45. The highest BCUT2D eigenvalue weighted by molar-refractivity contribution is 9.10. The van der Waals surface area contributed by atoms with E-state index in [-0.39, 0.29) is 11.3 Å². The molecule has 31 heavy (non-hydrogen) atoms.